The molecule has 0 bridgehead atoms. The average Bonchev–Trinajstić information content (AvgIpc) is 3.00. The fraction of sp³-hybridized carbons (Fsp3) is 0.594. The molecule has 1 amide bonds. The van der Waals surface area contributed by atoms with Crippen molar-refractivity contribution < 1.29 is 45.8 Å². The molecule has 3 rings (SSSR count). The van der Waals surface area contributed by atoms with Gasteiger partial charge in [0.1, 0.15) is 18.0 Å². The molecule has 0 atom stereocenters. The zero-order valence-corrected chi connectivity index (χ0v) is 27.7. The number of amides is 1. The highest BCUT2D eigenvalue weighted by Gasteiger charge is 2.26. The van der Waals surface area contributed by atoms with Crippen LogP contribution in [0.3, 0.4) is 0 Å². The Labute approximate surface area is 267 Å². The lowest BCUT2D eigenvalue weighted by Crippen LogP contribution is -2.50. The molecule has 1 heterocycles. The predicted octanol–water partition coefficient (Wildman–Crippen LogP) is 3.90. The number of carbonyl (C=O) groups is 1. The summed E-state index contributed by atoms with van der Waals surface area (Å²) in [6.07, 6.45) is -0.261. The Morgan fingerprint density at radius 1 is 0.689 bits per heavy atom. The van der Waals surface area contributed by atoms with Crippen LogP contribution in [0.4, 0.5) is 10.5 Å². The van der Waals surface area contributed by atoms with Crippen LogP contribution < -0.4 is 9.64 Å². The molecule has 1 aliphatic heterocycles. The Bertz CT molecular complexity index is 1230. The maximum Gasteiger partial charge on any atom is 0.410 e. The molecule has 252 valence electrons. The number of carbonyl (C=O) groups excluding carboxylic acids is 1. The van der Waals surface area contributed by atoms with E-state index in [2.05, 4.69) is 4.90 Å². The topological polar surface area (TPSA) is 122 Å². The second kappa shape index (κ2) is 18.9. The number of ether oxygens (including phenoxy) is 6. The summed E-state index contributed by atoms with van der Waals surface area (Å²) in [5, 5.41) is 0. The van der Waals surface area contributed by atoms with Gasteiger partial charge in [-0.1, -0.05) is 17.7 Å². The van der Waals surface area contributed by atoms with Gasteiger partial charge in [-0.3, -0.25) is 4.18 Å². The third kappa shape index (κ3) is 14.4. The molecule has 2 aromatic rings. The Morgan fingerprint density at radius 3 is 1.69 bits per heavy atom. The molecule has 0 N–H and O–H groups in total. The number of hydrogen-bond donors (Lipinski definition) is 0. The zero-order valence-electron chi connectivity index (χ0n) is 26.9. The monoisotopic (exact) mass is 652 g/mol. The SMILES string of the molecule is Cc1ccc(S(=O)(=O)OCCOCCOCCOCCOCCOc2ccc(N3CCN(C(=O)OC(C)(C)C)CC3)cc2)cc1. The number of piperazine rings is 1. The quantitative estimate of drug-likeness (QED) is 0.162. The van der Waals surface area contributed by atoms with Gasteiger partial charge in [-0.25, -0.2) is 4.79 Å². The Kier molecular flexibility index (Phi) is 15.3. The molecule has 1 fully saturated rings. The zero-order chi connectivity index (χ0) is 32.5. The largest absolute Gasteiger partial charge is 0.491 e. The molecule has 0 unspecified atom stereocenters. The van der Waals surface area contributed by atoms with Crippen molar-refractivity contribution >= 4 is 21.9 Å². The summed E-state index contributed by atoms with van der Waals surface area (Å²) in [4.78, 5) is 16.4. The summed E-state index contributed by atoms with van der Waals surface area (Å²) in [6, 6.07) is 14.4. The molecule has 2 aromatic carbocycles. The highest BCUT2D eigenvalue weighted by Crippen LogP contribution is 2.21. The lowest BCUT2D eigenvalue weighted by Gasteiger charge is -2.36. The van der Waals surface area contributed by atoms with E-state index >= 15 is 0 Å². The smallest absolute Gasteiger partial charge is 0.410 e. The Balaban J connectivity index is 1.11. The minimum absolute atomic E-state index is 0.0612. The summed E-state index contributed by atoms with van der Waals surface area (Å²) < 4.78 is 62.2. The number of rotatable bonds is 19. The molecular weight excluding hydrogens is 604 g/mol. The maximum atomic E-state index is 12.3. The van der Waals surface area contributed by atoms with Crippen LogP contribution in [0.5, 0.6) is 5.75 Å². The highest BCUT2D eigenvalue weighted by molar-refractivity contribution is 7.86. The molecule has 12 nitrogen and oxygen atoms in total. The molecule has 0 spiro atoms. The van der Waals surface area contributed by atoms with Gasteiger partial charge >= 0.3 is 6.09 Å². The molecule has 0 aliphatic carbocycles. The minimum atomic E-state index is -3.78. The van der Waals surface area contributed by atoms with Crippen LogP contribution in [-0.2, 0) is 38.0 Å². The molecule has 0 aromatic heterocycles. The number of hydrogen-bond acceptors (Lipinski definition) is 11. The molecular formula is C32H48N2O10S. The molecule has 1 aliphatic rings. The van der Waals surface area contributed by atoms with Crippen molar-refractivity contribution in [2.75, 3.05) is 97.1 Å². The molecule has 13 heteroatoms. The highest BCUT2D eigenvalue weighted by atomic mass is 32.2. The summed E-state index contributed by atoms with van der Waals surface area (Å²) in [7, 11) is -3.78. The third-order valence-corrected chi connectivity index (χ3v) is 7.85. The molecule has 1 saturated heterocycles. The van der Waals surface area contributed by atoms with Gasteiger partial charge < -0.3 is 38.2 Å². The fourth-order valence-electron chi connectivity index (χ4n) is 4.18. The Morgan fingerprint density at radius 2 is 1.18 bits per heavy atom. The van der Waals surface area contributed by atoms with Gasteiger partial charge in [0, 0.05) is 31.9 Å². The lowest BCUT2D eigenvalue weighted by atomic mass is 10.2. The van der Waals surface area contributed by atoms with Crippen LogP contribution in [0.2, 0.25) is 0 Å². The van der Waals surface area contributed by atoms with E-state index in [0.717, 1.165) is 30.1 Å². The standard InChI is InChI=1S/C32H48N2O10S/c1-27-5-11-30(12-6-27)45(36,37)43-26-24-41-22-20-39-18-17-38-19-21-40-23-25-42-29-9-7-28(8-10-29)33-13-15-34(16-14-33)31(35)44-32(2,3)4/h5-12H,13-26H2,1-4H3. The number of nitrogens with zero attached hydrogens (tertiary/aromatic N) is 2. The van der Waals surface area contributed by atoms with Crippen LogP contribution in [0.1, 0.15) is 26.3 Å². The van der Waals surface area contributed by atoms with Crippen LogP contribution >= 0.6 is 0 Å². The van der Waals surface area contributed by atoms with Crippen molar-refractivity contribution in [2.24, 2.45) is 0 Å². The predicted molar refractivity (Wildman–Crippen MR) is 170 cm³/mol. The van der Waals surface area contributed by atoms with Crippen molar-refractivity contribution in [1.29, 1.82) is 0 Å². The van der Waals surface area contributed by atoms with Crippen LogP contribution in [-0.4, -0.2) is 117 Å². The van der Waals surface area contributed by atoms with Crippen molar-refractivity contribution in [3.8, 4) is 5.75 Å². The third-order valence-electron chi connectivity index (χ3n) is 6.52. The van der Waals surface area contributed by atoms with E-state index in [1.807, 2.05) is 52.0 Å². The van der Waals surface area contributed by atoms with Gasteiger partial charge in [0.2, 0.25) is 0 Å². The van der Waals surface area contributed by atoms with Crippen molar-refractivity contribution in [3.05, 3.63) is 54.1 Å². The molecule has 0 radical (unpaired) electrons. The van der Waals surface area contributed by atoms with E-state index in [9.17, 15) is 13.2 Å². The minimum Gasteiger partial charge on any atom is -0.491 e. The van der Waals surface area contributed by atoms with E-state index < -0.39 is 15.7 Å². The summed E-state index contributed by atoms with van der Waals surface area (Å²) >= 11 is 0. The summed E-state index contributed by atoms with van der Waals surface area (Å²) in [5.74, 6) is 0.770. The first kappa shape index (κ1) is 36.5. The van der Waals surface area contributed by atoms with Gasteiger partial charge in [-0.05, 0) is 64.1 Å². The summed E-state index contributed by atoms with van der Waals surface area (Å²) in [5.41, 5.74) is 1.57. The first-order valence-corrected chi connectivity index (χ1v) is 16.7. The van der Waals surface area contributed by atoms with Crippen molar-refractivity contribution in [1.82, 2.24) is 4.90 Å². The van der Waals surface area contributed by atoms with E-state index in [1.54, 1.807) is 17.0 Å². The van der Waals surface area contributed by atoms with Crippen molar-refractivity contribution in [2.45, 2.75) is 38.2 Å². The average molecular weight is 653 g/mol. The Hall–Kier alpha value is -2.94. The fourth-order valence-corrected chi connectivity index (χ4v) is 5.08. The van der Waals surface area contributed by atoms with Gasteiger partial charge in [-0.2, -0.15) is 8.42 Å². The first-order valence-electron chi connectivity index (χ1n) is 15.3. The number of aryl methyl sites for hydroxylation is 1. The van der Waals surface area contributed by atoms with Crippen molar-refractivity contribution in [3.63, 3.8) is 0 Å². The van der Waals surface area contributed by atoms with E-state index in [-0.39, 0.29) is 24.2 Å². The molecule has 45 heavy (non-hydrogen) atoms. The van der Waals surface area contributed by atoms with Gasteiger partial charge in [0.15, 0.2) is 0 Å². The molecule has 0 saturated carbocycles. The van der Waals surface area contributed by atoms with E-state index in [0.29, 0.717) is 65.9 Å². The second-order valence-electron chi connectivity index (χ2n) is 11.3. The van der Waals surface area contributed by atoms with Crippen LogP contribution in [0.15, 0.2) is 53.4 Å². The first-order chi connectivity index (χ1) is 21.5. The van der Waals surface area contributed by atoms with Crippen LogP contribution in [0, 0.1) is 6.92 Å². The second-order valence-corrected chi connectivity index (χ2v) is 13.0. The van der Waals surface area contributed by atoms with Gasteiger partial charge in [0.05, 0.1) is 64.4 Å². The maximum absolute atomic E-state index is 12.3. The summed E-state index contributed by atoms with van der Waals surface area (Å²) in [6.45, 7) is 13.7. The normalized spacial score (nSPS) is 14.0. The van der Waals surface area contributed by atoms with Gasteiger partial charge in [0.25, 0.3) is 10.1 Å². The number of benzene rings is 2. The van der Waals surface area contributed by atoms with Gasteiger partial charge in [-0.15, -0.1) is 0 Å². The van der Waals surface area contributed by atoms with E-state index in [4.69, 9.17) is 32.6 Å². The van der Waals surface area contributed by atoms with E-state index in [1.165, 1.54) is 12.1 Å². The van der Waals surface area contributed by atoms with Crippen LogP contribution in [0.25, 0.3) is 0 Å². The number of anilines is 1. The lowest BCUT2D eigenvalue weighted by molar-refractivity contribution is -0.00682.